The van der Waals surface area contributed by atoms with Gasteiger partial charge in [0, 0.05) is 43.8 Å². The van der Waals surface area contributed by atoms with Gasteiger partial charge in [0.25, 0.3) is 5.91 Å². The molecule has 0 unspecified atom stereocenters. The molecule has 2 aliphatic heterocycles. The van der Waals surface area contributed by atoms with Crippen LogP contribution in [0.15, 0.2) is 42.5 Å². The first-order valence-electron chi connectivity index (χ1n) is 12.0. The highest BCUT2D eigenvalue weighted by molar-refractivity contribution is 5.97. The topological polar surface area (TPSA) is 78.0 Å². The second-order valence-electron chi connectivity index (χ2n) is 9.71. The first kappa shape index (κ1) is 23.1. The molecule has 0 N–H and O–H groups in total. The quantitative estimate of drug-likeness (QED) is 0.507. The average Bonchev–Trinajstić information content (AvgIpc) is 2.87. The number of methoxy groups -OCH3 is 2. The maximum atomic E-state index is 13.3. The van der Waals surface area contributed by atoms with E-state index < -0.39 is 5.60 Å². The zero-order chi connectivity index (χ0) is 24.7. The van der Waals surface area contributed by atoms with Crippen LogP contribution in [0, 0.1) is 0 Å². The van der Waals surface area contributed by atoms with Crippen molar-refractivity contribution in [3.63, 3.8) is 0 Å². The van der Waals surface area contributed by atoms with Gasteiger partial charge in [0.2, 0.25) is 0 Å². The fraction of sp³-hybridized carbons (Fsp3) is 0.393. The normalized spacial score (nSPS) is 16.8. The van der Waals surface area contributed by atoms with Crippen molar-refractivity contribution in [2.45, 2.75) is 44.6 Å². The van der Waals surface area contributed by atoms with Gasteiger partial charge in [-0.2, -0.15) is 0 Å². The van der Waals surface area contributed by atoms with Crippen molar-refractivity contribution in [2.75, 3.05) is 27.3 Å². The Hall–Kier alpha value is -3.61. The number of esters is 1. The number of pyridine rings is 1. The molecule has 1 amide bonds. The molecule has 0 aliphatic carbocycles. The maximum Gasteiger partial charge on any atom is 0.338 e. The van der Waals surface area contributed by atoms with Gasteiger partial charge in [-0.3, -0.25) is 4.79 Å². The Morgan fingerprint density at radius 2 is 1.83 bits per heavy atom. The van der Waals surface area contributed by atoms with E-state index >= 15 is 0 Å². The minimum absolute atomic E-state index is 0.153. The van der Waals surface area contributed by atoms with Gasteiger partial charge in [-0.05, 0) is 41.3 Å². The van der Waals surface area contributed by atoms with Crippen LogP contribution < -0.4 is 9.47 Å². The van der Waals surface area contributed by atoms with Gasteiger partial charge in [-0.15, -0.1) is 0 Å². The predicted molar refractivity (Wildman–Crippen MR) is 132 cm³/mol. The standard InChI is InChI=1S/C28H30N2O5/c1-17(2)18-5-6-19-16-28(35-27(32)21(19)13-18)9-11-30(12-10-28)26(31)24-15-25(34-4)22-14-20(33-3)7-8-23(22)29-24/h5-8,13-15,17H,9-12,16H2,1-4H3. The lowest BCUT2D eigenvalue weighted by molar-refractivity contribution is -0.0527. The Bertz CT molecular complexity index is 1310. The number of carbonyl (C=O) groups excluding carboxylic acids is 2. The van der Waals surface area contributed by atoms with Gasteiger partial charge in [-0.1, -0.05) is 26.0 Å². The molecule has 1 saturated heterocycles. The summed E-state index contributed by atoms with van der Waals surface area (Å²) in [5.41, 5.74) is 3.27. The van der Waals surface area contributed by atoms with Crippen LogP contribution >= 0.6 is 0 Å². The second kappa shape index (κ2) is 8.87. The van der Waals surface area contributed by atoms with Gasteiger partial charge in [0.15, 0.2) is 0 Å². The van der Waals surface area contributed by atoms with Crippen molar-refractivity contribution in [2.24, 2.45) is 0 Å². The molecule has 1 spiro atoms. The van der Waals surface area contributed by atoms with E-state index in [0.717, 1.165) is 16.5 Å². The molecule has 2 aromatic carbocycles. The summed E-state index contributed by atoms with van der Waals surface area (Å²) in [4.78, 5) is 32.6. The average molecular weight is 475 g/mol. The number of carbonyl (C=O) groups is 2. The molecule has 0 saturated carbocycles. The Balaban J connectivity index is 1.34. The first-order chi connectivity index (χ1) is 16.8. The molecule has 1 aromatic heterocycles. The molecule has 0 radical (unpaired) electrons. The SMILES string of the molecule is COc1ccc2nc(C(=O)N3CCC4(CC3)Cc3ccc(C(C)C)cc3C(=O)O4)cc(OC)c2c1. The molecule has 7 nitrogen and oxygen atoms in total. The number of aromatic nitrogens is 1. The Kier molecular flexibility index (Phi) is 5.87. The van der Waals surface area contributed by atoms with Crippen LogP contribution in [0.2, 0.25) is 0 Å². The lowest BCUT2D eigenvalue weighted by Gasteiger charge is -2.43. The molecule has 1 fully saturated rings. The molecule has 182 valence electrons. The van der Waals surface area contributed by atoms with Crippen LogP contribution in [0.5, 0.6) is 11.5 Å². The van der Waals surface area contributed by atoms with Crippen LogP contribution in [0.3, 0.4) is 0 Å². The number of ether oxygens (including phenoxy) is 3. The Morgan fingerprint density at radius 1 is 1.06 bits per heavy atom. The van der Waals surface area contributed by atoms with Crippen molar-refractivity contribution in [3.8, 4) is 11.5 Å². The molecule has 35 heavy (non-hydrogen) atoms. The summed E-state index contributed by atoms with van der Waals surface area (Å²) < 4.78 is 16.8. The fourth-order valence-electron chi connectivity index (χ4n) is 5.07. The van der Waals surface area contributed by atoms with E-state index in [-0.39, 0.29) is 11.9 Å². The van der Waals surface area contributed by atoms with Crippen molar-refractivity contribution in [1.82, 2.24) is 9.88 Å². The fourth-order valence-corrected chi connectivity index (χ4v) is 5.07. The number of hydrogen-bond acceptors (Lipinski definition) is 6. The van der Waals surface area contributed by atoms with E-state index in [4.69, 9.17) is 14.2 Å². The van der Waals surface area contributed by atoms with Crippen LogP contribution in [-0.4, -0.2) is 54.7 Å². The van der Waals surface area contributed by atoms with E-state index in [1.807, 2.05) is 24.3 Å². The van der Waals surface area contributed by atoms with Crippen molar-refractivity contribution in [1.29, 1.82) is 0 Å². The van der Waals surface area contributed by atoms with Crippen LogP contribution in [0.4, 0.5) is 0 Å². The number of likely N-dealkylation sites (tertiary alicyclic amines) is 1. The zero-order valence-corrected chi connectivity index (χ0v) is 20.6. The van der Waals surface area contributed by atoms with Gasteiger partial charge < -0.3 is 19.1 Å². The third-order valence-corrected chi connectivity index (χ3v) is 7.22. The van der Waals surface area contributed by atoms with Crippen LogP contribution in [0.1, 0.15) is 64.6 Å². The lowest BCUT2D eigenvalue weighted by atomic mass is 9.80. The zero-order valence-electron chi connectivity index (χ0n) is 20.6. The number of nitrogens with zero attached hydrogens (tertiary/aromatic N) is 2. The molecule has 0 atom stereocenters. The van der Waals surface area contributed by atoms with E-state index in [0.29, 0.717) is 66.5 Å². The van der Waals surface area contributed by atoms with Gasteiger partial charge in [-0.25, -0.2) is 9.78 Å². The molecule has 3 heterocycles. The summed E-state index contributed by atoms with van der Waals surface area (Å²) in [6.07, 6.45) is 1.87. The summed E-state index contributed by atoms with van der Waals surface area (Å²) in [7, 11) is 3.18. The molecule has 0 bridgehead atoms. The smallest absolute Gasteiger partial charge is 0.338 e. The van der Waals surface area contributed by atoms with Gasteiger partial charge >= 0.3 is 5.97 Å². The maximum absolute atomic E-state index is 13.3. The monoisotopic (exact) mass is 474 g/mol. The third-order valence-electron chi connectivity index (χ3n) is 7.22. The highest BCUT2D eigenvalue weighted by atomic mass is 16.6. The van der Waals surface area contributed by atoms with Crippen molar-refractivity contribution in [3.05, 3.63) is 64.8 Å². The predicted octanol–water partition coefficient (Wildman–Crippen LogP) is 4.76. The number of hydrogen-bond donors (Lipinski definition) is 0. The molecular weight excluding hydrogens is 444 g/mol. The number of fused-ring (bicyclic) bond motifs is 2. The Labute approximate surface area is 205 Å². The molecule has 3 aromatic rings. The van der Waals surface area contributed by atoms with Crippen molar-refractivity contribution < 1.29 is 23.8 Å². The number of benzene rings is 2. The van der Waals surface area contributed by atoms with E-state index in [1.54, 1.807) is 25.2 Å². The van der Waals surface area contributed by atoms with Gasteiger partial charge in [0.1, 0.15) is 22.8 Å². The molecule has 2 aliphatic rings. The summed E-state index contributed by atoms with van der Waals surface area (Å²) in [6, 6.07) is 13.3. The molecular formula is C28H30N2O5. The number of amides is 1. The number of rotatable bonds is 4. The first-order valence-corrected chi connectivity index (χ1v) is 12.0. The highest BCUT2D eigenvalue weighted by Gasteiger charge is 2.43. The molecule has 7 heteroatoms. The third kappa shape index (κ3) is 4.20. The van der Waals surface area contributed by atoms with E-state index in [1.165, 1.54) is 0 Å². The minimum atomic E-state index is -0.564. The number of piperidine rings is 1. The summed E-state index contributed by atoms with van der Waals surface area (Å²) in [5.74, 6) is 1.21. The lowest BCUT2D eigenvalue weighted by Crippen LogP contribution is -2.52. The minimum Gasteiger partial charge on any atom is -0.497 e. The highest BCUT2D eigenvalue weighted by Crippen LogP contribution is 2.38. The summed E-state index contributed by atoms with van der Waals surface area (Å²) >= 11 is 0. The van der Waals surface area contributed by atoms with Crippen LogP contribution in [0.25, 0.3) is 10.9 Å². The van der Waals surface area contributed by atoms with E-state index in [9.17, 15) is 9.59 Å². The Morgan fingerprint density at radius 3 is 2.51 bits per heavy atom. The van der Waals surface area contributed by atoms with E-state index in [2.05, 4.69) is 31.0 Å². The van der Waals surface area contributed by atoms with Gasteiger partial charge in [0.05, 0.1) is 25.3 Å². The summed E-state index contributed by atoms with van der Waals surface area (Å²) in [6.45, 7) is 5.22. The van der Waals surface area contributed by atoms with Crippen LogP contribution in [-0.2, 0) is 11.2 Å². The molecule has 5 rings (SSSR count). The largest absolute Gasteiger partial charge is 0.497 e. The van der Waals surface area contributed by atoms with Crippen molar-refractivity contribution >= 4 is 22.8 Å². The summed E-state index contributed by atoms with van der Waals surface area (Å²) in [5, 5.41) is 0.786. The second-order valence-corrected chi connectivity index (χ2v) is 9.71.